The number of ether oxygens (including phenoxy) is 1. The highest BCUT2D eigenvalue weighted by atomic mass is 35.5. The quantitative estimate of drug-likeness (QED) is 0.639. The Labute approximate surface area is 175 Å². The van der Waals surface area contributed by atoms with Gasteiger partial charge in [-0.1, -0.05) is 11.6 Å². The van der Waals surface area contributed by atoms with Gasteiger partial charge < -0.3 is 19.5 Å². The van der Waals surface area contributed by atoms with Crippen molar-refractivity contribution in [2.45, 2.75) is 19.3 Å². The van der Waals surface area contributed by atoms with Crippen molar-refractivity contribution in [1.82, 2.24) is 14.5 Å². The number of imidazole rings is 1. The molecule has 0 atom stereocenters. The van der Waals surface area contributed by atoms with Crippen LogP contribution in [-0.2, 0) is 18.3 Å². The van der Waals surface area contributed by atoms with Gasteiger partial charge in [0.25, 0.3) is 5.91 Å². The van der Waals surface area contributed by atoms with E-state index in [9.17, 15) is 4.79 Å². The van der Waals surface area contributed by atoms with Crippen LogP contribution in [0.4, 0.5) is 5.69 Å². The highest BCUT2D eigenvalue weighted by Crippen LogP contribution is 2.21. The molecule has 6 nitrogen and oxygen atoms in total. The van der Waals surface area contributed by atoms with E-state index < -0.39 is 0 Å². The molecule has 0 saturated carbocycles. The third-order valence-corrected chi connectivity index (χ3v) is 5.54. The number of hydrogen-bond acceptors (Lipinski definition) is 4. The van der Waals surface area contributed by atoms with Crippen LogP contribution in [0.2, 0.25) is 5.02 Å². The van der Waals surface area contributed by atoms with Crippen molar-refractivity contribution < 1.29 is 9.53 Å². The van der Waals surface area contributed by atoms with Crippen molar-refractivity contribution in [2.75, 3.05) is 31.6 Å². The highest BCUT2D eigenvalue weighted by molar-refractivity contribution is 6.30. The first kappa shape index (κ1) is 19.7. The van der Waals surface area contributed by atoms with E-state index in [0.717, 1.165) is 29.8 Å². The zero-order valence-corrected chi connectivity index (χ0v) is 17.3. The SMILES string of the molecule is Cn1c(CCN2CCCC2)nc2cc(NC(=O)COc3ccc(Cl)cc3)ccc21. The monoisotopic (exact) mass is 412 g/mol. The number of carbonyl (C=O) groups excluding carboxylic acids is 1. The van der Waals surface area contributed by atoms with Gasteiger partial charge in [0.2, 0.25) is 0 Å². The number of rotatable bonds is 7. The lowest BCUT2D eigenvalue weighted by Gasteiger charge is -2.13. The van der Waals surface area contributed by atoms with Gasteiger partial charge in [0.1, 0.15) is 11.6 Å². The van der Waals surface area contributed by atoms with E-state index in [1.165, 1.54) is 25.9 Å². The van der Waals surface area contributed by atoms with Gasteiger partial charge in [-0.05, 0) is 68.4 Å². The van der Waals surface area contributed by atoms with Crippen LogP contribution in [0.25, 0.3) is 11.0 Å². The fourth-order valence-corrected chi connectivity index (χ4v) is 3.82. The number of aryl methyl sites for hydroxylation is 1. The van der Waals surface area contributed by atoms with Gasteiger partial charge in [-0.15, -0.1) is 0 Å². The average Bonchev–Trinajstić information content (AvgIpc) is 3.34. The Kier molecular flexibility index (Phi) is 6.02. The molecule has 3 aromatic rings. The Morgan fingerprint density at radius 3 is 2.69 bits per heavy atom. The molecule has 29 heavy (non-hydrogen) atoms. The second-order valence-corrected chi connectivity index (χ2v) is 7.82. The summed E-state index contributed by atoms with van der Waals surface area (Å²) >= 11 is 5.85. The summed E-state index contributed by atoms with van der Waals surface area (Å²) in [5.74, 6) is 1.46. The second-order valence-electron chi connectivity index (χ2n) is 7.38. The summed E-state index contributed by atoms with van der Waals surface area (Å²) in [6.07, 6.45) is 3.53. The van der Waals surface area contributed by atoms with Gasteiger partial charge in [0, 0.05) is 30.7 Å². The van der Waals surface area contributed by atoms with E-state index in [0.29, 0.717) is 16.5 Å². The molecular formula is C22H25ClN4O2. The van der Waals surface area contributed by atoms with E-state index in [-0.39, 0.29) is 12.5 Å². The summed E-state index contributed by atoms with van der Waals surface area (Å²) in [5.41, 5.74) is 2.67. The topological polar surface area (TPSA) is 59.4 Å². The molecule has 0 unspecified atom stereocenters. The number of benzene rings is 2. The summed E-state index contributed by atoms with van der Waals surface area (Å²) in [6, 6.07) is 12.7. The molecular weight excluding hydrogens is 388 g/mol. The Morgan fingerprint density at radius 2 is 1.93 bits per heavy atom. The van der Waals surface area contributed by atoms with Gasteiger partial charge in [-0.2, -0.15) is 0 Å². The standard InChI is InChI=1S/C22H25ClN4O2/c1-26-20-9-6-17(24-22(28)15-29-18-7-4-16(23)5-8-18)14-19(20)25-21(26)10-13-27-11-2-3-12-27/h4-9,14H,2-3,10-13,15H2,1H3,(H,24,28). The molecule has 1 N–H and O–H groups in total. The Morgan fingerprint density at radius 1 is 1.17 bits per heavy atom. The maximum atomic E-state index is 12.2. The Bertz CT molecular complexity index is 994. The summed E-state index contributed by atoms with van der Waals surface area (Å²) in [4.78, 5) is 19.5. The lowest BCUT2D eigenvalue weighted by molar-refractivity contribution is -0.118. The highest BCUT2D eigenvalue weighted by Gasteiger charge is 2.14. The van der Waals surface area contributed by atoms with Gasteiger partial charge >= 0.3 is 0 Å². The number of aromatic nitrogens is 2. The second kappa shape index (κ2) is 8.84. The van der Waals surface area contributed by atoms with Crippen LogP contribution in [-0.4, -0.2) is 46.6 Å². The van der Waals surface area contributed by atoms with Gasteiger partial charge in [-0.25, -0.2) is 4.98 Å². The minimum Gasteiger partial charge on any atom is -0.484 e. The lowest BCUT2D eigenvalue weighted by atomic mass is 10.2. The number of halogens is 1. The molecule has 1 aliphatic heterocycles. The van der Waals surface area contributed by atoms with Crippen LogP contribution in [0.5, 0.6) is 5.75 Å². The van der Waals surface area contributed by atoms with Crippen LogP contribution in [0.3, 0.4) is 0 Å². The minimum absolute atomic E-state index is 0.0665. The molecule has 4 rings (SSSR count). The summed E-state index contributed by atoms with van der Waals surface area (Å²) < 4.78 is 7.63. The molecule has 0 bridgehead atoms. The Hall–Kier alpha value is -2.57. The largest absolute Gasteiger partial charge is 0.484 e. The number of likely N-dealkylation sites (tertiary alicyclic amines) is 1. The number of nitrogens with zero attached hydrogens (tertiary/aromatic N) is 3. The molecule has 0 spiro atoms. The van der Waals surface area contributed by atoms with Gasteiger partial charge in [0.05, 0.1) is 11.0 Å². The zero-order chi connectivity index (χ0) is 20.2. The normalized spacial score (nSPS) is 14.4. The summed E-state index contributed by atoms with van der Waals surface area (Å²) in [7, 11) is 2.05. The maximum absolute atomic E-state index is 12.2. The number of carbonyl (C=O) groups is 1. The number of anilines is 1. The predicted octanol–water partition coefficient (Wildman–Crippen LogP) is 3.88. The van der Waals surface area contributed by atoms with Crippen molar-refractivity contribution >= 4 is 34.2 Å². The summed E-state index contributed by atoms with van der Waals surface area (Å²) in [6.45, 7) is 3.36. The molecule has 7 heteroatoms. The Balaban J connectivity index is 1.37. The number of nitrogens with one attached hydrogen (secondary N) is 1. The number of amides is 1. The first-order valence-corrected chi connectivity index (χ1v) is 10.3. The van der Waals surface area contributed by atoms with Crippen LogP contribution in [0.15, 0.2) is 42.5 Å². The molecule has 2 heterocycles. The van der Waals surface area contributed by atoms with Crippen molar-refractivity contribution in [3.05, 3.63) is 53.3 Å². The average molecular weight is 413 g/mol. The molecule has 1 fully saturated rings. The van der Waals surface area contributed by atoms with Gasteiger partial charge in [-0.3, -0.25) is 4.79 Å². The van der Waals surface area contributed by atoms with E-state index in [1.54, 1.807) is 24.3 Å². The lowest BCUT2D eigenvalue weighted by Crippen LogP contribution is -2.22. The van der Waals surface area contributed by atoms with Crippen LogP contribution in [0, 0.1) is 0 Å². The summed E-state index contributed by atoms with van der Waals surface area (Å²) in [5, 5.41) is 3.50. The van der Waals surface area contributed by atoms with E-state index >= 15 is 0 Å². The zero-order valence-electron chi connectivity index (χ0n) is 16.5. The molecule has 2 aromatic carbocycles. The van der Waals surface area contributed by atoms with Crippen LogP contribution in [0.1, 0.15) is 18.7 Å². The van der Waals surface area contributed by atoms with Crippen LogP contribution < -0.4 is 10.1 Å². The van der Waals surface area contributed by atoms with E-state index in [1.807, 2.05) is 25.2 Å². The number of fused-ring (bicyclic) bond motifs is 1. The molecule has 152 valence electrons. The van der Waals surface area contributed by atoms with E-state index in [4.69, 9.17) is 21.3 Å². The first-order chi connectivity index (χ1) is 14.1. The molecule has 1 aromatic heterocycles. The third-order valence-electron chi connectivity index (χ3n) is 5.29. The maximum Gasteiger partial charge on any atom is 0.262 e. The molecule has 1 aliphatic rings. The third kappa shape index (κ3) is 4.89. The van der Waals surface area contributed by atoms with Crippen LogP contribution >= 0.6 is 11.6 Å². The minimum atomic E-state index is -0.218. The fraction of sp³-hybridized carbons (Fsp3) is 0.364. The molecule has 0 radical (unpaired) electrons. The number of hydrogen-bond donors (Lipinski definition) is 1. The molecule has 1 saturated heterocycles. The van der Waals surface area contributed by atoms with Crippen molar-refractivity contribution in [1.29, 1.82) is 0 Å². The van der Waals surface area contributed by atoms with Crippen molar-refractivity contribution in [3.63, 3.8) is 0 Å². The predicted molar refractivity (Wildman–Crippen MR) is 116 cm³/mol. The van der Waals surface area contributed by atoms with E-state index in [2.05, 4.69) is 14.8 Å². The molecule has 1 amide bonds. The van der Waals surface area contributed by atoms with Crippen molar-refractivity contribution in [3.8, 4) is 5.75 Å². The smallest absolute Gasteiger partial charge is 0.262 e. The first-order valence-electron chi connectivity index (χ1n) is 9.94. The fourth-order valence-electron chi connectivity index (χ4n) is 3.69. The van der Waals surface area contributed by atoms with Crippen molar-refractivity contribution in [2.24, 2.45) is 7.05 Å². The van der Waals surface area contributed by atoms with Gasteiger partial charge in [0.15, 0.2) is 6.61 Å². The molecule has 0 aliphatic carbocycles.